The first-order valence-electron chi connectivity index (χ1n) is 35.5. The zero-order chi connectivity index (χ0) is 60.5. The van der Waals surface area contributed by atoms with Crippen molar-refractivity contribution < 1.29 is 32.9 Å². The summed E-state index contributed by atoms with van der Waals surface area (Å²) < 4.78 is 23.8. The molecule has 0 aliphatic rings. The van der Waals surface area contributed by atoms with Gasteiger partial charge < -0.3 is 19.8 Å². The minimum absolute atomic E-state index is 0.0526. The van der Waals surface area contributed by atoms with Crippen LogP contribution in [0.4, 0.5) is 0 Å². The first-order valence-corrected chi connectivity index (χ1v) is 37.0. The summed E-state index contributed by atoms with van der Waals surface area (Å²) in [6, 6.07) is -0.873. The number of hydrogen-bond acceptors (Lipinski definition) is 5. The van der Waals surface area contributed by atoms with Gasteiger partial charge in [0.1, 0.15) is 13.2 Å². The van der Waals surface area contributed by atoms with Gasteiger partial charge in [0.2, 0.25) is 5.91 Å². The normalized spacial score (nSPS) is 14.2. The number of nitrogens with one attached hydrogen (secondary N) is 1. The van der Waals surface area contributed by atoms with Crippen LogP contribution in [0, 0.1) is 0 Å². The largest absolute Gasteiger partial charge is 0.472 e. The van der Waals surface area contributed by atoms with E-state index in [1.165, 1.54) is 238 Å². The fourth-order valence-corrected chi connectivity index (χ4v) is 11.1. The molecule has 83 heavy (non-hydrogen) atoms. The lowest BCUT2D eigenvalue weighted by Gasteiger charge is -2.25. The van der Waals surface area contributed by atoms with E-state index in [0.29, 0.717) is 17.4 Å². The SMILES string of the molecule is CC/C=C\C/C=C\C/C=C\C/C=C\CCCCCCCCCCCCCCCCCCCCCCCCC(=O)NC(COP(=O)(O)OCC[N+](C)(C)C)C(O)/C=C/CC/C=C/CC/C=C/CCCCCCCCCCCCCCCCCC. The Bertz CT molecular complexity index is 1630. The fraction of sp³-hybridized carbons (Fsp3) is 0.797. The third kappa shape index (κ3) is 67.1. The molecule has 0 aromatic carbocycles. The number of hydrogen-bond donors (Lipinski definition) is 3. The van der Waals surface area contributed by atoms with Gasteiger partial charge in [-0.2, -0.15) is 0 Å². The smallest absolute Gasteiger partial charge is 0.387 e. The van der Waals surface area contributed by atoms with E-state index in [4.69, 9.17) is 9.05 Å². The minimum atomic E-state index is -4.37. The highest BCUT2D eigenvalue weighted by molar-refractivity contribution is 7.47. The number of likely N-dealkylation sites (N-methyl/N-ethyl adjacent to an activating group) is 1. The molecule has 0 spiro atoms. The number of aliphatic hydroxyl groups is 1. The summed E-state index contributed by atoms with van der Waals surface area (Å²) in [6.45, 7) is 4.71. The Morgan fingerprint density at radius 2 is 0.735 bits per heavy atom. The number of carbonyl (C=O) groups excluding carboxylic acids is 1. The summed E-state index contributed by atoms with van der Waals surface area (Å²) in [5, 5.41) is 14.0. The topological polar surface area (TPSA) is 105 Å². The molecule has 8 nitrogen and oxygen atoms in total. The molecule has 3 unspecified atom stereocenters. The van der Waals surface area contributed by atoms with Crippen LogP contribution < -0.4 is 5.32 Å². The maximum Gasteiger partial charge on any atom is 0.472 e. The Morgan fingerprint density at radius 3 is 1.11 bits per heavy atom. The second-order valence-electron chi connectivity index (χ2n) is 25.2. The summed E-state index contributed by atoms with van der Waals surface area (Å²) in [6.07, 6.45) is 91.7. The molecule has 0 aromatic heterocycles. The van der Waals surface area contributed by atoms with Crippen LogP contribution >= 0.6 is 7.82 Å². The van der Waals surface area contributed by atoms with Gasteiger partial charge in [-0.25, -0.2) is 4.57 Å². The number of unbranched alkanes of at least 4 members (excludes halogenated alkanes) is 40. The van der Waals surface area contributed by atoms with Gasteiger partial charge in [-0.3, -0.25) is 13.8 Å². The summed E-state index contributed by atoms with van der Waals surface area (Å²) in [4.78, 5) is 23.4. The lowest BCUT2D eigenvalue weighted by Crippen LogP contribution is -2.45. The molecule has 3 N–H and O–H groups in total. The van der Waals surface area contributed by atoms with Gasteiger partial charge in [0.15, 0.2) is 0 Å². The van der Waals surface area contributed by atoms with Crippen molar-refractivity contribution in [3.63, 3.8) is 0 Å². The van der Waals surface area contributed by atoms with Crippen LogP contribution in [-0.2, 0) is 18.4 Å². The Labute approximate surface area is 516 Å². The molecule has 0 aliphatic heterocycles. The number of allylic oxidation sites excluding steroid dienone is 13. The van der Waals surface area contributed by atoms with Crippen molar-refractivity contribution in [2.75, 3.05) is 40.9 Å². The molecule has 0 rings (SSSR count). The molecule has 0 heterocycles. The van der Waals surface area contributed by atoms with Crippen molar-refractivity contribution in [2.24, 2.45) is 0 Å². The molecule has 0 aromatic rings. The lowest BCUT2D eigenvalue weighted by atomic mass is 10.0. The van der Waals surface area contributed by atoms with E-state index in [0.717, 1.165) is 70.6 Å². The standard InChI is InChI=1S/C74H137N2O6P/c1-6-8-10-12-14-16-18-20-22-24-26-28-30-32-34-35-36-37-38-39-40-41-42-44-46-48-50-52-54-56-58-60-62-64-66-68-74(78)75-72(71-82-83(79,80)81-70-69-76(3,4)5)73(77)67-65-63-61-59-57-55-53-51-49-47-45-43-33-31-29-27-25-23-21-19-17-15-13-11-9-7-2/h8,10,14,16,20,22,26,28,49,51,57,59,65,67,72-73,77H,6-7,9,11-13,15,17-19,21,23-25,27,29-48,50,52-56,58,60-64,66,68-71H2,1-5H3,(H-,75,78,79,80)/p+1/b10-8-,16-14-,22-20-,28-26-,51-49+,59-57+,67-65+. The van der Waals surface area contributed by atoms with Gasteiger partial charge in [-0.05, 0) is 83.5 Å². The van der Waals surface area contributed by atoms with Gasteiger partial charge in [0.25, 0.3) is 0 Å². The number of amides is 1. The van der Waals surface area contributed by atoms with Crippen molar-refractivity contribution in [3.8, 4) is 0 Å². The molecule has 0 bridgehead atoms. The van der Waals surface area contributed by atoms with E-state index in [9.17, 15) is 19.4 Å². The predicted molar refractivity (Wildman–Crippen MR) is 364 cm³/mol. The fourth-order valence-electron chi connectivity index (χ4n) is 10.4. The third-order valence-corrected chi connectivity index (χ3v) is 16.8. The van der Waals surface area contributed by atoms with Crippen LogP contribution in [-0.4, -0.2) is 73.4 Å². The van der Waals surface area contributed by atoms with Gasteiger partial charge in [0, 0.05) is 6.42 Å². The van der Waals surface area contributed by atoms with Gasteiger partial charge >= 0.3 is 7.82 Å². The van der Waals surface area contributed by atoms with E-state index in [1.54, 1.807) is 6.08 Å². The molecule has 0 fully saturated rings. The van der Waals surface area contributed by atoms with Crippen molar-refractivity contribution in [2.45, 2.75) is 341 Å². The average molecular weight is 1180 g/mol. The Morgan fingerprint density at radius 1 is 0.422 bits per heavy atom. The number of carbonyl (C=O) groups is 1. The Balaban J connectivity index is 4.07. The quantitative estimate of drug-likeness (QED) is 0.0243. The molecule has 0 saturated heterocycles. The maximum atomic E-state index is 13.1. The third-order valence-electron chi connectivity index (χ3n) is 15.8. The van der Waals surface area contributed by atoms with Gasteiger partial charge in [0.05, 0.1) is 39.9 Å². The summed E-state index contributed by atoms with van der Waals surface area (Å²) in [5.74, 6) is -0.187. The number of phosphoric acid groups is 1. The molecule has 0 saturated carbocycles. The number of nitrogens with zero attached hydrogens (tertiary/aromatic N) is 1. The lowest BCUT2D eigenvalue weighted by molar-refractivity contribution is -0.870. The highest BCUT2D eigenvalue weighted by Crippen LogP contribution is 2.43. The van der Waals surface area contributed by atoms with Crippen LogP contribution in [0.15, 0.2) is 85.1 Å². The molecule has 3 atom stereocenters. The van der Waals surface area contributed by atoms with E-state index in [2.05, 4.69) is 92.1 Å². The van der Waals surface area contributed by atoms with Crippen molar-refractivity contribution in [3.05, 3.63) is 85.1 Å². The minimum Gasteiger partial charge on any atom is -0.387 e. The van der Waals surface area contributed by atoms with E-state index >= 15 is 0 Å². The first-order chi connectivity index (χ1) is 40.5. The second kappa shape index (κ2) is 64.2. The van der Waals surface area contributed by atoms with E-state index in [1.807, 2.05) is 27.2 Å². The molecule has 1 amide bonds. The number of aliphatic hydroxyl groups excluding tert-OH is 1. The van der Waals surface area contributed by atoms with E-state index in [-0.39, 0.29) is 19.1 Å². The van der Waals surface area contributed by atoms with Crippen LogP contribution in [0.1, 0.15) is 328 Å². The zero-order valence-corrected chi connectivity index (χ0v) is 56.3. The van der Waals surface area contributed by atoms with Crippen molar-refractivity contribution in [1.82, 2.24) is 5.32 Å². The monoisotopic (exact) mass is 1180 g/mol. The molecule has 0 radical (unpaired) electrons. The number of rotatable bonds is 65. The summed E-state index contributed by atoms with van der Waals surface area (Å²) in [7, 11) is 1.55. The summed E-state index contributed by atoms with van der Waals surface area (Å²) >= 11 is 0. The summed E-state index contributed by atoms with van der Waals surface area (Å²) in [5.41, 5.74) is 0. The van der Waals surface area contributed by atoms with Crippen molar-refractivity contribution in [1.29, 1.82) is 0 Å². The number of phosphoric ester groups is 1. The highest BCUT2D eigenvalue weighted by Gasteiger charge is 2.28. The molecule has 484 valence electrons. The maximum absolute atomic E-state index is 13.1. The zero-order valence-electron chi connectivity index (χ0n) is 55.4. The Kier molecular flexibility index (Phi) is 62.4. The van der Waals surface area contributed by atoms with Crippen molar-refractivity contribution >= 4 is 13.7 Å². The molecule has 9 heteroatoms. The van der Waals surface area contributed by atoms with Gasteiger partial charge in [-0.1, -0.05) is 324 Å². The molecular weight excluding hydrogens is 1040 g/mol. The molecular formula is C74H138N2O6P+. The first kappa shape index (κ1) is 80.7. The Hall–Kier alpha value is -2.32. The van der Waals surface area contributed by atoms with E-state index < -0.39 is 20.0 Å². The second-order valence-corrected chi connectivity index (χ2v) is 26.7. The number of quaternary nitrogens is 1. The molecule has 0 aliphatic carbocycles. The highest BCUT2D eigenvalue weighted by atomic mass is 31.2. The van der Waals surface area contributed by atoms with Gasteiger partial charge in [-0.15, -0.1) is 0 Å². The average Bonchev–Trinajstić information content (AvgIpc) is 3.49. The predicted octanol–water partition coefficient (Wildman–Crippen LogP) is 22.7. The van der Waals surface area contributed by atoms with Crippen LogP contribution in [0.25, 0.3) is 0 Å². The van der Waals surface area contributed by atoms with Crippen LogP contribution in [0.5, 0.6) is 0 Å². The van der Waals surface area contributed by atoms with Crippen LogP contribution in [0.2, 0.25) is 0 Å². The van der Waals surface area contributed by atoms with Crippen LogP contribution in [0.3, 0.4) is 0 Å².